The average Bonchev–Trinajstić information content (AvgIpc) is 2.98. The van der Waals surface area contributed by atoms with Crippen molar-refractivity contribution in [2.75, 3.05) is 4.90 Å². The Balaban J connectivity index is 1.74. The number of para-hydroxylation sites is 2. The van der Waals surface area contributed by atoms with Crippen molar-refractivity contribution in [1.82, 2.24) is 0 Å². The molecule has 1 aliphatic heterocycles. The molecular weight excluding hydrogens is 310 g/mol. The lowest BCUT2D eigenvalue weighted by Crippen LogP contribution is -2.48. The van der Waals surface area contributed by atoms with Gasteiger partial charge in [0.05, 0.1) is 6.04 Å². The molecule has 0 bridgehead atoms. The van der Waals surface area contributed by atoms with Crippen LogP contribution < -0.4 is 4.90 Å². The minimum Gasteiger partial charge on any atom is -0.336 e. The van der Waals surface area contributed by atoms with Crippen LogP contribution in [-0.4, -0.2) is 22.5 Å². The Bertz CT molecular complexity index is 640. The van der Waals surface area contributed by atoms with Gasteiger partial charge in [-0.15, -0.1) is 0 Å². The van der Waals surface area contributed by atoms with E-state index in [1.807, 2.05) is 36.4 Å². The van der Waals surface area contributed by atoms with Crippen LogP contribution in [0.4, 0.5) is 11.4 Å². The van der Waals surface area contributed by atoms with Gasteiger partial charge in [-0.05, 0) is 43.5 Å². The molecule has 1 unspecified atom stereocenters. The molecule has 0 N–H and O–H groups in total. The molecule has 23 heavy (non-hydrogen) atoms. The van der Waals surface area contributed by atoms with Crippen molar-refractivity contribution in [3.05, 3.63) is 60.7 Å². The predicted octanol–water partition coefficient (Wildman–Crippen LogP) is 3.74. The Kier molecular flexibility index (Phi) is 4.16. The van der Waals surface area contributed by atoms with Crippen molar-refractivity contribution in [2.24, 2.45) is 0 Å². The first-order chi connectivity index (χ1) is 11.3. The van der Waals surface area contributed by atoms with Crippen molar-refractivity contribution < 1.29 is 12.6 Å². The lowest BCUT2D eigenvalue weighted by molar-refractivity contribution is 0.0920. The fraction of sp³-hybridized carbons (Fsp3) is 0.333. The first-order valence-corrected chi connectivity index (χ1v) is 8.98. The van der Waals surface area contributed by atoms with E-state index in [9.17, 15) is 4.21 Å². The van der Waals surface area contributed by atoms with Crippen molar-refractivity contribution in [3.8, 4) is 0 Å². The third-order valence-corrected chi connectivity index (χ3v) is 5.31. The highest BCUT2D eigenvalue weighted by atomic mass is 32.2. The van der Waals surface area contributed by atoms with Crippen LogP contribution in [-0.2, 0) is 19.7 Å². The second-order valence-electron chi connectivity index (χ2n) is 5.94. The fourth-order valence-corrected chi connectivity index (χ4v) is 4.42. The number of nitrogens with zero attached hydrogens (tertiary/aromatic N) is 1. The molecule has 2 aliphatic rings. The summed E-state index contributed by atoms with van der Waals surface area (Å²) >= 11 is -1.62. The molecule has 0 spiro atoms. The van der Waals surface area contributed by atoms with Crippen molar-refractivity contribution in [1.29, 1.82) is 0 Å². The predicted molar refractivity (Wildman–Crippen MR) is 90.6 cm³/mol. The van der Waals surface area contributed by atoms with Crippen molar-refractivity contribution in [2.45, 2.75) is 37.5 Å². The Morgan fingerprint density at radius 2 is 1.48 bits per heavy atom. The fourth-order valence-electron chi connectivity index (χ4n) is 3.53. The zero-order chi connectivity index (χ0) is 15.6. The smallest absolute Gasteiger partial charge is 0.305 e. The zero-order valence-corrected chi connectivity index (χ0v) is 13.5. The molecule has 2 fully saturated rings. The van der Waals surface area contributed by atoms with Gasteiger partial charge in [-0.1, -0.05) is 36.4 Å². The maximum absolute atomic E-state index is 11.7. The summed E-state index contributed by atoms with van der Waals surface area (Å²) in [5.74, 6) is 0. The Hall–Kier alpha value is -1.69. The first-order valence-electron chi connectivity index (χ1n) is 7.98. The Morgan fingerprint density at radius 3 is 2.09 bits per heavy atom. The Labute approximate surface area is 138 Å². The van der Waals surface area contributed by atoms with E-state index in [4.69, 9.17) is 8.37 Å². The standard InChI is InChI=1S/C18H19NO3S/c20-23-21-17-13-7-12-16(18(17)22-23)19(14-8-3-1-4-9-14)15-10-5-2-6-11-15/h1-6,8-11,16-18H,7,12-13H2/t16-,17-,18+,23?/m1/s1. The molecule has 1 saturated carbocycles. The van der Waals surface area contributed by atoms with Crippen molar-refractivity contribution >= 4 is 22.7 Å². The van der Waals surface area contributed by atoms with E-state index in [-0.39, 0.29) is 18.2 Å². The third-order valence-electron chi connectivity index (χ3n) is 4.53. The van der Waals surface area contributed by atoms with E-state index in [1.54, 1.807) is 0 Å². The van der Waals surface area contributed by atoms with E-state index in [1.165, 1.54) is 0 Å². The Morgan fingerprint density at radius 1 is 0.870 bits per heavy atom. The van der Waals surface area contributed by atoms with Gasteiger partial charge in [-0.25, -0.2) is 0 Å². The van der Waals surface area contributed by atoms with E-state index in [2.05, 4.69) is 29.2 Å². The van der Waals surface area contributed by atoms with Gasteiger partial charge >= 0.3 is 11.4 Å². The van der Waals surface area contributed by atoms with E-state index < -0.39 is 11.4 Å². The highest BCUT2D eigenvalue weighted by Crippen LogP contribution is 2.39. The highest BCUT2D eigenvalue weighted by Gasteiger charge is 2.45. The lowest BCUT2D eigenvalue weighted by Gasteiger charge is -2.40. The molecule has 4 nitrogen and oxygen atoms in total. The summed E-state index contributed by atoms with van der Waals surface area (Å²) in [6.45, 7) is 0. The summed E-state index contributed by atoms with van der Waals surface area (Å²) in [5, 5.41) is 0. The van der Waals surface area contributed by atoms with Gasteiger partial charge in [0.1, 0.15) is 12.2 Å². The van der Waals surface area contributed by atoms with Gasteiger partial charge in [-0.3, -0.25) is 8.37 Å². The largest absolute Gasteiger partial charge is 0.336 e. The van der Waals surface area contributed by atoms with E-state index >= 15 is 0 Å². The van der Waals surface area contributed by atoms with Crippen LogP contribution in [0.3, 0.4) is 0 Å². The van der Waals surface area contributed by atoms with Crippen molar-refractivity contribution in [3.63, 3.8) is 0 Å². The molecule has 0 amide bonds. The number of benzene rings is 2. The molecule has 1 saturated heterocycles. The number of hydrogen-bond acceptors (Lipinski definition) is 4. The van der Waals surface area contributed by atoms with Crippen LogP contribution in [0.1, 0.15) is 19.3 Å². The monoisotopic (exact) mass is 329 g/mol. The SMILES string of the molecule is O=S1O[C@H]2[C@H](N(c3ccccc3)c3ccccc3)CCC[C@H]2O1. The van der Waals surface area contributed by atoms with Gasteiger partial charge in [0.2, 0.25) is 0 Å². The van der Waals surface area contributed by atoms with Crippen LogP contribution in [0.25, 0.3) is 0 Å². The summed E-state index contributed by atoms with van der Waals surface area (Å²) in [4.78, 5) is 2.29. The summed E-state index contributed by atoms with van der Waals surface area (Å²) in [7, 11) is 0. The maximum atomic E-state index is 11.7. The number of anilines is 2. The van der Waals surface area contributed by atoms with Crippen LogP contribution in [0.15, 0.2) is 60.7 Å². The molecule has 4 rings (SSSR count). The van der Waals surface area contributed by atoms with Gasteiger partial charge in [0.25, 0.3) is 0 Å². The van der Waals surface area contributed by atoms with Crippen LogP contribution >= 0.6 is 0 Å². The van der Waals surface area contributed by atoms with Gasteiger partial charge in [0, 0.05) is 11.4 Å². The molecule has 1 heterocycles. The second-order valence-corrected chi connectivity index (χ2v) is 6.73. The molecule has 0 aromatic heterocycles. The molecule has 0 radical (unpaired) electrons. The summed E-state index contributed by atoms with van der Waals surface area (Å²) in [6.07, 6.45) is 2.70. The number of fused-ring (bicyclic) bond motifs is 1. The lowest BCUT2D eigenvalue weighted by atomic mass is 9.88. The van der Waals surface area contributed by atoms with Gasteiger partial charge in [-0.2, -0.15) is 4.21 Å². The number of hydrogen-bond donors (Lipinski definition) is 0. The first kappa shape index (κ1) is 14.9. The van der Waals surface area contributed by atoms with Gasteiger partial charge < -0.3 is 4.90 Å². The molecule has 5 heteroatoms. The summed E-state index contributed by atoms with van der Waals surface area (Å²) in [5.41, 5.74) is 2.23. The summed E-state index contributed by atoms with van der Waals surface area (Å²) < 4.78 is 22.7. The molecular formula is C18H19NO3S. The van der Waals surface area contributed by atoms with Crippen LogP contribution in [0.2, 0.25) is 0 Å². The third kappa shape index (κ3) is 2.92. The highest BCUT2D eigenvalue weighted by molar-refractivity contribution is 7.75. The molecule has 2 aromatic rings. The van der Waals surface area contributed by atoms with E-state index in [0.717, 1.165) is 30.6 Å². The normalized spacial score (nSPS) is 29.9. The van der Waals surface area contributed by atoms with Gasteiger partial charge in [0.15, 0.2) is 0 Å². The maximum Gasteiger partial charge on any atom is 0.305 e. The minimum atomic E-state index is -1.62. The van der Waals surface area contributed by atoms with E-state index in [0.29, 0.717) is 0 Å². The molecule has 1 aliphatic carbocycles. The topological polar surface area (TPSA) is 38.8 Å². The minimum absolute atomic E-state index is 0.0792. The molecule has 4 atom stereocenters. The molecule has 120 valence electrons. The summed E-state index contributed by atoms with van der Waals surface area (Å²) in [6, 6.07) is 20.7. The quantitative estimate of drug-likeness (QED) is 0.860. The molecule has 2 aromatic carbocycles. The van der Waals surface area contributed by atoms with Crippen LogP contribution in [0.5, 0.6) is 0 Å². The second kappa shape index (κ2) is 6.43. The van der Waals surface area contributed by atoms with Crippen LogP contribution in [0, 0.1) is 0 Å². The average molecular weight is 329 g/mol. The number of rotatable bonds is 3. The zero-order valence-electron chi connectivity index (χ0n) is 12.7.